The second-order valence-corrected chi connectivity index (χ2v) is 11.8. The number of nitrogens with one attached hydrogen (secondary N) is 1. The van der Waals surface area contributed by atoms with Gasteiger partial charge in [0.15, 0.2) is 0 Å². The SMILES string of the molecule is Cc1ccc(NC(=O)[C@H]2CCCN(C(=O)c3c(C)cccc3F)[C@H]2c2ccc(CN3CCCC3C(F)(F)F)cc2)cc1C. The summed E-state index contributed by atoms with van der Waals surface area (Å²) in [6.07, 6.45) is -2.61. The second-order valence-electron chi connectivity index (χ2n) is 11.8. The van der Waals surface area contributed by atoms with Crippen LogP contribution in [0.1, 0.15) is 69.9 Å². The Morgan fingerprint density at radius 1 is 0.884 bits per heavy atom. The first-order valence-corrected chi connectivity index (χ1v) is 14.8. The number of likely N-dealkylation sites (tertiary alicyclic amines) is 2. The lowest BCUT2D eigenvalue weighted by Gasteiger charge is -2.41. The molecule has 2 aliphatic heterocycles. The number of aryl methyl sites for hydroxylation is 3. The molecule has 2 heterocycles. The van der Waals surface area contributed by atoms with Crippen LogP contribution < -0.4 is 5.32 Å². The van der Waals surface area contributed by atoms with Gasteiger partial charge in [0.1, 0.15) is 11.9 Å². The van der Waals surface area contributed by atoms with Gasteiger partial charge in [-0.25, -0.2) is 4.39 Å². The molecule has 0 radical (unpaired) electrons. The number of carbonyl (C=O) groups excluding carboxylic acids is 2. The molecule has 2 saturated heterocycles. The zero-order chi connectivity index (χ0) is 30.9. The minimum Gasteiger partial charge on any atom is -0.331 e. The van der Waals surface area contributed by atoms with Gasteiger partial charge >= 0.3 is 6.18 Å². The van der Waals surface area contributed by atoms with Gasteiger partial charge in [-0.2, -0.15) is 13.2 Å². The largest absolute Gasteiger partial charge is 0.404 e. The number of carbonyl (C=O) groups is 2. The Bertz CT molecular complexity index is 1470. The molecule has 9 heteroatoms. The third-order valence-electron chi connectivity index (χ3n) is 8.89. The lowest BCUT2D eigenvalue weighted by atomic mass is 9.83. The third-order valence-corrected chi connectivity index (χ3v) is 8.89. The Labute approximate surface area is 249 Å². The van der Waals surface area contributed by atoms with Gasteiger partial charge < -0.3 is 10.2 Å². The van der Waals surface area contributed by atoms with Crippen LogP contribution in [0.4, 0.5) is 23.2 Å². The highest BCUT2D eigenvalue weighted by Crippen LogP contribution is 2.39. The Kier molecular flexibility index (Phi) is 8.92. The van der Waals surface area contributed by atoms with Crippen LogP contribution in [-0.2, 0) is 11.3 Å². The molecule has 1 unspecified atom stereocenters. The summed E-state index contributed by atoms with van der Waals surface area (Å²) < 4.78 is 55.5. The number of anilines is 1. The molecular formula is C34H37F4N3O2. The molecule has 0 saturated carbocycles. The van der Waals surface area contributed by atoms with Crippen molar-refractivity contribution in [2.75, 3.05) is 18.4 Å². The minimum atomic E-state index is -4.28. The zero-order valence-corrected chi connectivity index (χ0v) is 24.7. The first kappa shape index (κ1) is 30.7. The summed E-state index contributed by atoms with van der Waals surface area (Å²) in [6.45, 7) is 6.51. The average molecular weight is 596 g/mol. The van der Waals surface area contributed by atoms with Crippen molar-refractivity contribution >= 4 is 17.5 Å². The number of rotatable bonds is 6. The van der Waals surface area contributed by atoms with E-state index < -0.39 is 35.9 Å². The standard InChI is InChI=1S/C34H37F4N3O2/c1-21-11-16-26(19-23(21)3)39-32(42)27-8-5-18-41(33(43)30-22(2)7-4-9-28(30)35)31(27)25-14-12-24(13-15-25)20-40-17-6-10-29(40)34(36,37)38/h4,7,9,11-16,19,27,29,31H,5-6,8,10,17-18,20H2,1-3H3,(H,39,42)/t27-,29?,31-/m0/s1. The number of amides is 2. The summed E-state index contributed by atoms with van der Waals surface area (Å²) >= 11 is 0. The summed E-state index contributed by atoms with van der Waals surface area (Å²) in [5.74, 6) is -1.97. The van der Waals surface area contributed by atoms with Gasteiger partial charge in [-0.1, -0.05) is 42.5 Å². The molecule has 228 valence electrons. The molecule has 0 bridgehead atoms. The van der Waals surface area contributed by atoms with E-state index in [0.29, 0.717) is 49.2 Å². The minimum absolute atomic E-state index is 0.0217. The number of nitrogens with zero attached hydrogens (tertiary/aromatic N) is 2. The molecule has 0 spiro atoms. The monoisotopic (exact) mass is 595 g/mol. The van der Waals surface area contributed by atoms with Gasteiger partial charge in [-0.15, -0.1) is 0 Å². The van der Waals surface area contributed by atoms with Crippen molar-refractivity contribution < 1.29 is 27.2 Å². The van der Waals surface area contributed by atoms with Gasteiger partial charge in [-0.3, -0.25) is 14.5 Å². The molecule has 2 amide bonds. The van der Waals surface area contributed by atoms with Crippen molar-refractivity contribution in [3.63, 3.8) is 0 Å². The molecular weight excluding hydrogens is 558 g/mol. The third kappa shape index (κ3) is 6.61. The number of piperidine rings is 1. The molecule has 3 atom stereocenters. The van der Waals surface area contributed by atoms with Crippen LogP contribution in [0.2, 0.25) is 0 Å². The highest BCUT2D eigenvalue weighted by atomic mass is 19.4. The topological polar surface area (TPSA) is 52.7 Å². The van der Waals surface area contributed by atoms with E-state index in [1.54, 1.807) is 48.2 Å². The summed E-state index contributed by atoms with van der Waals surface area (Å²) in [6, 6.07) is 15.1. The van der Waals surface area contributed by atoms with Crippen molar-refractivity contribution in [1.29, 1.82) is 0 Å². The molecule has 3 aromatic carbocycles. The maximum Gasteiger partial charge on any atom is 0.404 e. The number of halogens is 4. The van der Waals surface area contributed by atoms with Crippen molar-refractivity contribution in [2.45, 2.75) is 71.3 Å². The van der Waals surface area contributed by atoms with Crippen molar-refractivity contribution in [3.8, 4) is 0 Å². The summed E-state index contributed by atoms with van der Waals surface area (Å²) in [5.41, 5.74) is 4.67. The summed E-state index contributed by atoms with van der Waals surface area (Å²) in [4.78, 5) is 30.7. The maximum atomic E-state index is 14.9. The molecule has 0 aromatic heterocycles. The molecule has 43 heavy (non-hydrogen) atoms. The fraction of sp³-hybridized carbons (Fsp3) is 0.412. The Balaban J connectivity index is 1.46. The smallest absolute Gasteiger partial charge is 0.331 e. The van der Waals surface area contributed by atoms with E-state index in [2.05, 4.69) is 5.32 Å². The van der Waals surface area contributed by atoms with Gasteiger partial charge in [-0.05, 0) is 99.0 Å². The Morgan fingerprint density at radius 3 is 2.28 bits per heavy atom. The highest BCUT2D eigenvalue weighted by Gasteiger charge is 2.46. The van der Waals surface area contributed by atoms with Gasteiger partial charge in [0.25, 0.3) is 5.91 Å². The molecule has 2 aliphatic rings. The quantitative estimate of drug-likeness (QED) is 0.300. The first-order chi connectivity index (χ1) is 20.4. The lowest BCUT2D eigenvalue weighted by Crippen LogP contribution is -2.46. The van der Waals surface area contributed by atoms with E-state index in [1.165, 1.54) is 11.0 Å². The van der Waals surface area contributed by atoms with Crippen molar-refractivity contribution in [3.05, 3.63) is 99.9 Å². The zero-order valence-electron chi connectivity index (χ0n) is 24.7. The number of hydrogen-bond acceptors (Lipinski definition) is 3. The van der Waals surface area contributed by atoms with Crippen molar-refractivity contribution in [1.82, 2.24) is 9.80 Å². The number of alkyl halides is 3. The van der Waals surface area contributed by atoms with Crippen LogP contribution in [0.3, 0.4) is 0 Å². The molecule has 5 nitrogen and oxygen atoms in total. The fourth-order valence-electron chi connectivity index (χ4n) is 6.45. The van der Waals surface area contributed by atoms with Gasteiger partial charge in [0.2, 0.25) is 5.91 Å². The van der Waals surface area contributed by atoms with E-state index in [-0.39, 0.29) is 24.4 Å². The van der Waals surface area contributed by atoms with Crippen LogP contribution in [0.25, 0.3) is 0 Å². The summed E-state index contributed by atoms with van der Waals surface area (Å²) in [5, 5.41) is 3.02. The van der Waals surface area contributed by atoms with E-state index in [1.807, 2.05) is 32.0 Å². The van der Waals surface area contributed by atoms with Crippen LogP contribution in [0.15, 0.2) is 60.7 Å². The van der Waals surface area contributed by atoms with Crippen LogP contribution in [0.5, 0.6) is 0 Å². The van der Waals surface area contributed by atoms with E-state index in [4.69, 9.17) is 0 Å². The fourth-order valence-corrected chi connectivity index (χ4v) is 6.45. The predicted molar refractivity (Wildman–Crippen MR) is 158 cm³/mol. The van der Waals surface area contributed by atoms with E-state index >= 15 is 0 Å². The number of hydrogen-bond donors (Lipinski definition) is 1. The summed E-state index contributed by atoms with van der Waals surface area (Å²) in [7, 11) is 0. The molecule has 2 fully saturated rings. The van der Waals surface area contributed by atoms with Crippen LogP contribution >= 0.6 is 0 Å². The maximum absolute atomic E-state index is 14.9. The molecule has 5 rings (SSSR count). The molecule has 3 aromatic rings. The molecule has 1 N–H and O–H groups in total. The average Bonchev–Trinajstić information content (AvgIpc) is 3.44. The van der Waals surface area contributed by atoms with E-state index in [9.17, 15) is 27.2 Å². The van der Waals surface area contributed by atoms with E-state index in [0.717, 1.165) is 16.7 Å². The second kappa shape index (κ2) is 12.5. The first-order valence-electron chi connectivity index (χ1n) is 14.8. The Hall–Kier alpha value is -3.72. The van der Waals surface area contributed by atoms with Crippen LogP contribution in [-0.4, -0.2) is 46.9 Å². The molecule has 0 aliphatic carbocycles. The highest BCUT2D eigenvalue weighted by molar-refractivity contribution is 5.98. The number of benzene rings is 3. The lowest BCUT2D eigenvalue weighted by molar-refractivity contribution is -0.177. The normalized spacial score (nSPS) is 21.2. The Morgan fingerprint density at radius 2 is 1.60 bits per heavy atom. The van der Waals surface area contributed by atoms with Crippen LogP contribution in [0, 0.1) is 32.5 Å². The van der Waals surface area contributed by atoms with Gasteiger partial charge in [0.05, 0.1) is 17.5 Å². The van der Waals surface area contributed by atoms with Gasteiger partial charge in [0, 0.05) is 18.8 Å². The van der Waals surface area contributed by atoms with Crippen molar-refractivity contribution in [2.24, 2.45) is 5.92 Å². The predicted octanol–water partition coefficient (Wildman–Crippen LogP) is 7.51.